The number of carbonyl (C=O) groups is 2. The molecule has 40 heavy (non-hydrogen) atoms. The van der Waals surface area contributed by atoms with Crippen LogP contribution < -0.4 is 20.9 Å². The molecular formula is C33H32N2O5. The molecule has 0 bridgehead atoms. The van der Waals surface area contributed by atoms with Crippen LogP contribution in [-0.2, 0) is 9.53 Å². The van der Waals surface area contributed by atoms with Gasteiger partial charge in [-0.3, -0.25) is 0 Å². The highest BCUT2D eigenvalue weighted by atomic mass is 16.5. The van der Waals surface area contributed by atoms with E-state index in [9.17, 15) is 9.59 Å². The predicted octanol–water partition coefficient (Wildman–Crippen LogP) is 5.80. The van der Waals surface area contributed by atoms with Gasteiger partial charge >= 0.3 is 11.9 Å². The summed E-state index contributed by atoms with van der Waals surface area (Å²) in [6.07, 6.45) is 2.65. The van der Waals surface area contributed by atoms with Crippen LogP contribution in [0.3, 0.4) is 0 Å². The highest BCUT2D eigenvalue weighted by Gasteiger charge is 2.08. The zero-order chi connectivity index (χ0) is 28.7. The van der Waals surface area contributed by atoms with Crippen molar-refractivity contribution in [2.75, 3.05) is 24.7 Å². The van der Waals surface area contributed by atoms with Crippen LogP contribution in [0.5, 0.6) is 11.5 Å². The van der Waals surface area contributed by atoms with Gasteiger partial charge in [0, 0.05) is 29.8 Å². The van der Waals surface area contributed by atoms with E-state index in [-0.39, 0.29) is 6.61 Å². The largest absolute Gasteiger partial charge is 0.494 e. The van der Waals surface area contributed by atoms with E-state index in [1.165, 1.54) is 12.1 Å². The molecule has 3 aromatic rings. The van der Waals surface area contributed by atoms with Crippen molar-refractivity contribution in [2.45, 2.75) is 32.6 Å². The van der Waals surface area contributed by atoms with E-state index in [0.717, 1.165) is 23.3 Å². The lowest BCUT2D eigenvalue weighted by Gasteiger charge is -2.08. The Morgan fingerprint density at radius 3 is 1.85 bits per heavy atom. The van der Waals surface area contributed by atoms with E-state index in [1.54, 1.807) is 25.1 Å². The molecular weight excluding hydrogens is 504 g/mol. The SMILES string of the molecule is C=C(C)C(=O)Oc1ccc(-c2ccc(OCCCC#CC#CCCCOC(=O)c3cc(N)cc(N)c3)cc2)cc1. The van der Waals surface area contributed by atoms with Crippen molar-refractivity contribution in [3.05, 3.63) is 84.4 Å². The minimum absolute atomic E-state index is 0.257. The van der Waals surface area contributed by atoms with Gasteiger partial charge in [-0.1, -0.05) is 42.7 Å². The van der Waals surface area contributed by atoms with E-state index in [0.29, 0.717) is 54.1 Å². The lowest BCUT2D eigenvalue weighted by atomic mass is 10.1. The smallest absolute Gasteiger partial charge is 0.338 e. The van der Waals surface area contributed by atoms with Gasteiger partial charge in [0.1, 0.15) is 11.5 Å². The Hall–Kier alpha value is -5.14. The Morgan fingerprint density at radius 1 is 0.775 bits per heavy atom. The van der Waals surface area contributed by atoms with Crippen molar-refractivity contribution in [3.63, 3.8) is 0 Å². The van der Waals surface area contributed by atoms with E-state index in [2.05, 4.69) is 30.3 Å². The standard InChI is InChI=1S/C33H32N2O5/c1-24(2)32(36)40-31-17-13-26(14-18-31)25-11-15-30(16-12-25)38-19-9-7-5-3-4-6-8-10-20-39-33(37)27-21-28(34)23-29(35)22-27/h11-18,21-23H,1,7-10,19-20,34-35H2,2H3. The maximum Gasteiger partial charge on any atom is 0.338 e. The molecule has 0 radical (unpaired) electrons. The van der Waals surface area contributed by atoms with Crippen LogP contribution in [0.4, 0.5) is 11.4 Å². The van der Waals surface area contributed by atoms with Crippen molar-refractivity contribution in [2.24, 2.45) is 0 Å². The maximum absolute atomic E-state index is 12.0. The van der Waals surface area contributed by atoms with Crippen LogP contribution in [0.25, 0.3) is 11.1 Å². The Kier molecular flexibility index (Phi) is 11.3. The number of rotatable bonds is 11. The molecule has 7 heteroatoms. The molecule has 0 aromatic heterocycles. The second-order valence-corrected chi connectivity index (χ2v) is 8.90. The molecule has 4 N–H and O–H groups in total. The number of carbonyl (C=O) groups excluding carboxylic acids is 2. The molecule has 0 amide bonds. The fourth-order valence-electron chi connectivity index (χ4n) is 3.42. The Morgan fingerprint density at radius 2 is 1.30 bits per heavy atom. The molecule has 0 fully saturated rings. The minimum Gasteiger partial charge on any atom is -0.494 e. The second-order valence-electron chi connectivity index (χ2n) is 8.90. The summed E-state index contributed by atoms with van der Waals surface area (Å²) in [5, 5.41) is 0. The topological polar surface area (TPSA) is 114 Å². The average molecular weight is 537 g/mol. The molecule has 0 spiro atoms. The molecule has 3 rings (SSSR count). The molecule has 0 heterocycles. The molecule has 0 aliphatic rings. The maximum atomic E-state index is 12.0. The molecule has 0 atom stereocenters. The van der Waals surface area contributed by atoms with Crippen LogP contribution >= 0.6 is 0 Å². The zero-order valence-corrected chi connectivity index (χ0v) is 22.5. The summed E-state index contributed by atoms with van der Waals surface area (Å²) in [6.45, 7) is 6.00. The van der Waals surface area contributed by atoms with Gasteiger partial charge in [-0.2, -0.15) is 0 Å². The van der Waals surface area contributed by atoms with Crippen molar-refractivity contribution in [3.8, 4) is 46.3 Å². The third kappa shape index (κ3) is 9.96. The summed E-state index contributed by atoms with van der Waals surface area (Å²) >= 11 is 0. The minimum atomic E-state index is -0.458. The molecule has 0 saturated heterocycles. The average Bonchev–Trinajstić information content (AvgIpc) is 2.93. The second kappa shape index (κ2) is 15.3. The number of nitrogen functional groups attached to an aromatic ring is 2. The first-order chi connectivity index (χ1) is 19.3. The number of unbranched alkanes of at least 4 members (excludes halogenated alkanes) is 2. The van der Waals surface area contributed by atoms with E-state index < -0.39 is 11.9 Å². The number of nitrogens with two attached hydrogens (primary N) is 2. The molecule has 0 saturated carbocycles. The number of benzene rings is 3. The van der Waals surface area contributed by atoms with Gasteiger partial charge in [0.05, 0.1) is 18.8 Å². The molecule has 7 nitrogen and oxygen atoms in total. The summed E-state index contributed by atoms with van der Waals surface area (Å²) in [6, 6.07) is 19.7. The van der Waals surface area contributed by atoms with Crippen LogP contribution in [0.15, 0.2) is 78.9 Å². The van der Waals surface area contributed by atoms with E-state index in [4.69, 9.17) is 25.7 Å². The highest BCUT2D eigenvalue weighted by Crippen LogP contribution is 2.25. The van der Waals surface area contributed by atoms with E-state index in [1.807, 2.05) is 36.4 Å². The zero-order valence-electron chi connectivity index (χ0n) is 22.5. The first-order valence-corrected chi connectivity index (χ1v) is 12.8. The quantitative estimate of drug-likeness (QED) is 0.0795. The van der Waals surface area contributed by atoms with Gasteiger partial charge in [-0.25, -0.2) is 9.59 Å². The van der Waals surface area contributed by atoms with Gasteiger partial charge in [0.25, 0.3) is 0 Å². The molecule has 0 aliphatic heterocycles. The first kappa shape index (κ1) is 29.4. The van der Waals surface area contributed by atoms with Crippen molar-refractivity contribution < 1.29 is 23.8 Å². The Bertz CT molecular complexity index is 1430. The van der Waals surface area contributed by atoms with Gasteiger partial charge in [0.2, 0.25) is 0 Å². The predicted molar refractivity (Wildman–Crippen MR) is 157 cm³/mol. The summed E-state index contributed by atoms with van der Waals surface area (Å²) in [5.74, 6) is 12.0. The van der Waals surface area contributed by atoms with Gasteiger partial charge in [0.15, 0.2) is 0 Å². The Labute approximate surface area is 235 Å². The highest BCUT2D eigenvalue weighted by molar-refractivity contribution is 5.91. The third-order valence-corrected chi connectivity index (χ3v) is 5.45. The van der Waals surface area contributed by atoms with Gasteiger partial charge < -0.3 is 25.7 Å². The fraction of sp³-hybridized carbons (Fsp3) is 0.212. The third-order valence-electron chi connectivity index (χ3n) is 5.45. The van der Waals surface area contributed by atoms with Crippen molar-refractivity contribution in [1.82, 2.24) is 0 Å². The van der Waals surface area contributed by atoms with Crippen LogP contribution in [-0.4, -0.2) is 25.2 Å². The lowest BCUT2D eigenvalue weighted by molar-refractivity contribution is -0.130. The first-order valence-electron chi connectivity index (χ1n) is 12.8. The van der Waals surface area contributed by atoms with Gasteiger partial charge in [-0.15, -0.1) is 0 Å². The monoisotopic (exact) mass is 536 g/mol. The summed E-state index contributed by atoms with van der Waals surface area (Å²) < 4.78 is 16.2. The molecule has 0 aliphatic carbocycles. The number of hydrogen-bond acceptors (Lipinski definition) is 7. The molecule has 0 unspecified atom stereocenters. The number of anilines is 2. The van der Waals surface area contributed by atoms with Crippen LogP contribution in [0, 0.1) is 23.7 Å². The normalized spacial score (nSPS) is 9.82. The number of esters is 2. The molecule has 204 valence electrons. The van der Waals surface area contributed by atoms with Crippen LogP contribution in [0.2, 0.25) is 0 Å². The van der Waals surface area contributed by atoms with Crippen LogP contribution in [0.1, 0.15) is 43.0 Å². The fourth-order valence-corrected chi connectivity index (χ4v) is 3.42. The lowest BCUT2D eigenvalue weighted by Crippen LogP contribution is -2.07. The van der Waals surface area contributed by atoms with Crippen molar-refractivity contribution in [1.29, 1.82) is 0 Å². The number of ether oxygens (including phenoxy) is 3. The van der Waals surface area contributed by atoms with Crippen molar-refractivity contribution >= 4 is 23.3 Å². The molecule has 3 aromatic carbocycles. The van der Waals surface area contributed by atoms with Gasteiger partial charge in [-0.05, 0) is 85.2 Å². The summed E-state index contributed by atoms with van der Waals surface area (Å²) in [4.78, 5) is 23.6. The summed E-state index contributed by atoms with van der Waals surface area (Å²) in [7, 11) is 0. The number of hydrogen-bond donors (Lipinski definition) is 2. The van der Waals surface area contributed by atoms with E-state index >= 15 is 0 Å². The summed E-state index contributed by atoms with van der Waals surface area (Å²) in [5.41, 5.74) is 14.9. The Balaban J connectivity index is 1.29.